The van der Waals surface area contributed by atoms with Crippen molar-refractivity contribution in [1.29, 1.82) is 0 Å². The van der Waals surface area contributed by atoms with Crippen LogP contribution in [0.4, 0.5) is 17.6 Å². The van der Waals surface area contributed by atoms with Crippen LogP contribution in [0.1, 0.15) is 15.9 Å². The molecule has 1 aromatic carbocycles. The van der Waals surface area contributed by atoms with Crippen LogP contribution in [0.5, 0.6) is 0 Å². The maximum Gasteiger partial charge on any atom is 0.420 e. The maximum absolute atomic E-state index is 13.5. The molecule has 0 aromatic heterocycles. The fraction of sp³-hybridized carbons (Fsp3) is 0.222. The molecule has 0 atom stereocenters. The van der Waals surface area contributed by atoms with Crippen molar-refractivity contribution >= 4 is 15.8 Å². The minimum Gasteiger partial charge on any atom is -0.478 e. The molecule has 0 amide bonds. The Kier molecular flexibility index (Phi) is 3.39. The third kappa shape index (κ3) is 2.61. The molecule has 0 heterocycles. The van der Waals surface area contributed by atoms with Gasteiger partial charge in [-0.3, -0.25) is 0 Å². The molecular formula is C9H6F4O4S. The van der Waals surface area contributed by atoms with Gasteiger partial charge in [-0.1, -0.05) is 0 Å². The highest BCUT2D eigenvalue weighted by atomic mass is 32.2. The van der Waals surface area contributed by atoms with E-state index in [-0.39, 0.29) is 0 Å². The van der Waals surface area contributed by atoms with E-state index in [9.17, 15) is 30.8 Å². The Morgan fingerprint density at radius 2 is 1.78 bits per heavy atom. The highest BCUT2D eigenvalue weighted by molar-refractivity contribution is 7.90. The van der Waals surface area contributed by atoms with Crippen LogP contribution in [0.2, 0.25) is 0 Å². The Morgan fingerprint density at radius 3 is 2.11 bits per heavy atom. The molecule has 0 aliphatic carbocycles. The lowest BCUT2D eigenvalue weighted by Gasteiger charge is -2.13. The van der Waals surface area contributed by atoms with E-state index in [0.717, 1.165) is 0 Å². The SMILES string of the molecule is CS(=O)(=O)c1ccc(C(=O)O)c(C(F)(F)F)c1F. The predicted molar refractivity (Wildman–Crippen MR) is 51.5 cm³/mol. The molecule has 1 N–H and O–H groups in total. The van der Waals surface area contributed by atoms with Gasteiger partial charge in [0.2, 0.25) is 0 Å². The van der Waals surface area contributed by atoms with Crippen molar-refractivity contribution in [1.82, 2.24) is 0 Å². The topological polar surface area (TPSA) is 71.4 Å². The lowest BCUT2D eigenvalue weighted by molar-refractivity contribution is -0.140. The van der Waals surface area contributed by atoms with Gasteiger partial charge < -0.3 is 5.11 Å². The zero-order chi connectivity index (χ0) is 14.3. The number of alkyl halides is 3. The number of sulfone groups is 1. The molecule has 0 spiro atoms. The van der Waals surface area contributed by atoms with Crippen LogP contribution >= 0.6 is 0 Å². The molecule has 1 aromatic rings. The normalized spacial score (nSPS) is 12.5. The van der Waals surface area contributed by atoms with Crippen LogP contribution < -0.4 is 0 Å². The van der Waals surface area contributed by atoms with E-state index in [4.69, 9.17) is 5.11 Å². The summed E-state index contributed by atoms with van der Waals surface area (Å²) in [5.74, 6) is -4.11. The van der Waals surface area contributed by atoms with Gasteiger partial charge >= 0.3 is 12.1 Å². The molecule has 0 aliphatic rings. The monoisotopic (exact) mass is 286 g/mol. The van der Waals surface area contributed by atoms with Crippen molar-refractivity contribution in [2.75, 3.05) is 6.26 Å². The molecule has 9 heteroatoms. The van der Waals surface area contributed by atoms with Gasteiger partial charge in [-0.25, -0.2) is 17.6 Å². The first-order chi connectivity index (χ1) is 7.96. The summed E-state index contributed by atoms with van der Waals surface area (Å²) < 4.78 is 73.3. The number of carboxylic acids is 1. The number of aromatic carboxylic acids is 1. The van der Waals surface area contributed by atoms with Gasteiger partial charge in [-0.05, 0) is 12.1 Å². The van der Waals surface area contributed by atoms with Crippen molar-refractivity contribution in [3.63, 3.8) is 0 Å². The first-order valence-corrected chi connectivity index (χ1v) is 6.18. The highest BCUT2D eigenvalue weighted by Crippen LogP contribution is 2.36. The molecule has 0 saturated carbocycles. The second-order valence-electron chi connectivity index (χ2n) is 3.38. The Balaban J connectivity index is 3.78. The van der Waals surface area contributed by atoms with E-state index in [1.54, 1.807) is 0 Å². The molecule has 0 aliphatic heterocycles. The number of carboxylic acid groups (broad SMARTS) is 1. The van der Waals surface area contributed by atoms with Crippen molar-refractivity contribution in [2.24, 2.45) is 0 Å². The number of hydrogen-bond donors (Lipinski definition) is 1. The highest BCUT2D eigenvalue weighted by Gasteiger charge is 2.40. The summed E-state index contributed by atoms with van der Waals surface area (Å²) in [7, 11) is -4.23. The third-order valence-corrected chi connectivity index (χ3v) is 3.13. The zero-order valence-electron chi connectivity index (χ0n) is 8.75. The second-order valence-corrected chi connectivity index (χ2v) is 5.36. The smallest absolute Gasteiger partial charge is 0.420 e. The van der Waals surface area contributed by atoms with Crippen molar-refractivity contribution in [3.8, 4) is 0 Å². The summed E-state index contributed by atoms with van der Waals surface area (Å²) in [6.07, 6.45) is -4.79. The van der Waals surface area contributed by atoms with Crippen LogP contribution in [0, 0.1) is 5.82 Å². The molecule has 0 bridgehead atoms. The molecule has 100 valence electrons. The Hall–Kier alpha value is -1.64. The number of benzene rings is 1. The first kappa shape index (κ1) is 14.4. The summed E-state index contributed by atoms with van der Waals surface area (Å²) in [5.41, 5.74) is -3.44. The summed E-state index contributed by atoms with van der Waals surface area (Å²) in [6, 6.07) is 0.897. The average molecular weight is 286 g/mol. The van der Waals surface area contributed by atoms with Crippen LogP contribution in [0.15, 0.2) is 17.0 Å². The largest absolute Gasteiger partial charge is 0.478 e. The molecule has 0 unspecified atom stereocenters. The Bertz CT molecular complexity index is 604. The van der Waals surface area contributed by atoms with E-state index < -0.39 is 43.8 Å². The van der Waals surface area contributed by atoms with E-state index >= 15 is 0 Å². The van der Waals surface area contributed by atoms with Gasteiger partial charge in [0, 0.05) is 6.26 Å². The molecule has 1 rings (SSSR count). The van der Waals surface area contributed by atoms with Crippen LogP contribution in [-0.2, 0) is 16.0 Å². The van der Waals surface area contributed by atoms with Gasteiger partial charge in [0.1, 0.15) is 10.5 Å². The standard InChI is InChI=1S/C9H6F4O4S/c1-18(16,17)5-3-2-4(8(14)15)6(7(5)10)9(11,12)13/h2-3H,1H3,(H,14,15). The Labute approximate surface area is 98.8 Å². The van der Waals surface area contributed by atoms with Crippen molar-refractivity contribution in [2.45, 2.75) is 11.1 Å². The van der Waals surface area contributed by atoms with Gasteiger partial charge in [-0.15, -0.1) is 0 Å². The number of halogens is 4. The zero-order valence-corrected chi connectivity index (χ0v) is 9.56. The molecule has 18 heavy (non-hydrogen) atoms. The number of hydrogen-bond acceptors (Lipinski definition) is 3. The third-order valence-electron chi connectivity index (χ3n) is 2.02. The summed E-state index contributed by atoms with van der Waals surface area (Å²) in [4.78, 5) is 9.37. The van der Waals surface area contributed by atoms with Crippen LogP contribution in [0.3, 0.4) is 0 Å². The summed E-state index contributed by atoms with van der Waals surface area (Å²) in [6.45, 7) is 0. The number of carbonyl (C=O) groups is 1. The van der Waals surface area contributed by atoms with Gasteiger partial charge in [-0.2, -0.15) is 13.2 Å². The first-order valence-electron chi connectivity index (χ1n) is 4.29. The van der Waals surface area contributed by atoms with Gasteiger partial charge in [0.25, 0.3) is 0 Å². The lowest BCUT2D eigenvalue weighted by Crippen LogP contribution is -2.18. The average Bonchev–Trinajstić information content (AvgIpc) is 2.12. The minimum atomic E-state index is -5.31. The molecular weight excluding hydrogens is 280 g/mol. The fourth-order valence-corrected chi connectivity index (χ4v) is 2.04. The maximum atomic E-state index is 13.5. The van der Waals surface area contributed by atoms with E-state index in [0.29, 0.717) is 18.4 Å². The second kappa shape index (κ2) is 4.23. The van der Waals surface area contributed by atoms with Gasteiger partial charge in [0.05, 0.1) is 5.56 Å². The van der Waals surface area contributed by atoms with E-state index in [1.807, 2.05) is 0 Å². The fourth-order valence-electron chi connectivity index (χ4n) is 1.30. The van der Waals surface area contributed by atoms with Crippen LogP contribution in [-0.4, -0.2) is 25.7 Å². The molecule has 4 nitrogen and oxygen atoms in total. The van der Waals surface area contributed by atoms with Crippen molar-refractivity contribution in [3.05, 3.63) is 29.1 Å². The number of rotatable bonds is 2. The van der Waals surface area contributed by atoms with Crippen molar-refractivity contribution < 1.29 is 35.9 Å². The minimum absolute atomic E-state index is 0.407. The lowest BCUT2D eigenvalue weighted by atomic mass is 10.1. The molecule has 0 saturated heterocycles. The molecule has 0 fully saturated rings. The Morgan fingerprint density at radius 1 is 1.28 bits per heavy atom. The van der Waals surface area contributed by atoms with E-state index in [2.05, 4.69) is 0 Å². The summed E-state index contributed by atoms with van der Waals surface area (Å²) in [5, 5.41) is 8.53. The van der Waals surface area contributed by atoms with Crippen LogP contribution in [0.25, 0.3) is 0 Å². The molecule has 0 radical (unpaired) electrons. The quantitative estimate of drug-likeness (QED) is 0.843. The van der Waals surface area contributed by atoms with E-state index in [1.165, 1.54) is 0 Å². The summed E-state index contributed by atoms with van der Waals surface area (Å²) >= 11 is 0. The van der Waals surface area contributed by atoms with Gasteiger partial charge in [0.15, 0.2) is 15.7 Å². The predicted octanol–water partition coefficient (Wildman–Crippen LogP) is 1.95.